The molecule has 0 spiro atoms. The third-order valence-corrected chi connectivity index (χ3v) is 3.47. The smallest absolute Gasteiger partial charge is 0.0570 e. The number of pyridine rings is 1. The van der Waals surface area contributed by atoms with Gasteiger partial charge in [0.15, 0.2) is 0 Å². The molecule has 0 amide bonds. The van der Waals surface area contributed by atoms with Crippen molar-refractivity contribution in [2.75, 3.05) is 0 Å². The van der Waals surface area contributed by atoms with E-state index in [2.05, 4.69) is 58.3 Å². The van der Waals surface area contributed by atoms with Gasteiger partial charge in [-0.2, -0.15) is 0 Å². The summed E-state index contributed by atoms with van der Waals surface area (Å²) in [6, 6.07) is 14.9. The van der Waals surface area contributed by atoms with Crippen molar-refractivity contribution in [3.05, 3.63) is 64.4 Å². The van der Waals surface area contributed by atoms with Gasteiger partial charge in [-0.3, -0.25) is 4.98 Å². The Kier molecular flexibility index (Phi) is 4.50. The maximum atomic E-state index is 4.37. The topological polar surface area (TPSA) is 24.9 Å². The molecule has 2 rings (SSSR count). The van der Waals surface area contributed by atoms with Gasteiger partial charge in [0.25, 0.3) is 0 Å². The molecule has 0 fully saturated rings. The van der Waals surface area contributed by atoms with Crippen LogP contribution in [0.3, 0.4) is 0 Å². The van der Waals surface area contributed by atoms with Crippen molar-refractivity contribution in [1.82, 2.24) is 10.3 Å². The summed E-state index contributed by atoms with van der Waals surface area (Å²) in [4.78, 5) is 4.37. The highest BCUT2D eigenvalue weighted by Crippen LogP contribution is 2.20. The maximum Gasteiger partial charge on any atom is 0.0570 e. The Balaban J connectivity index is 2.05. The second-order valence-electron chi connectivity index (χ2n) is 4.42. The molecule has 0 saturated heterocycles. The number of nitrogens with one attached hydrogen (secondary N) is 1. The fourth-order valence-electron chi connectivity index (χ4n) is 1.96. The third kappa shape index (κ3) is 3.40. The Morgan fingerprint density at radius 3 is 2.56 bits per heavy atom. The number of aromatic nitrogens is 1. The Morgan fingerprint density at radius 1 is 1.06 bits per heavy atom. The highest BCUT2D eigenvalue weighted by Gasteiger charge is 2.11. The standard InChI is InChI=1S/C15H17BrN2/c1-11(13-6-5-7-14(16)10-13)18-12(2)15-8-3-4-9-17-15/h3-12,18H,1-2H3/t11?,12-/m1/s1. The van der Waals surface area contributed by atoms with Crippen molar-refractivity contribution < 1.29 is 0 Å². The predicted molar refractivity (Wildman–Crippen MR) is 78.3 cm³/mol. The zero-order valence-electron chi connectivity index (χ0n) is 10.6. The molecule has 2 atom stereocenters. The summed E-state index contributed by atoms with van der Waals surface area (Å²) in [5, 5.41) is 3.56. The number of benzene rings is 1. The van der Waals surface area contributed by atoms with Crippen molar-refractivity contribution in [3.63, 3.8) is 0 Å². The second kappa shape index (κ2) is 6.12. The van der Waals surface area contributed by atoms with E-state index in [1.54, 1.807) is 0 Å². The average Bonchev–Trinajstić information content (AvgIpc) is 2.39. The molecule has 1 unspecified atom stereocenters. The van der Waals surface area contributed by atoms with Gasteiger partial charge >= 0.3 is 0 Å². The van der Waals surface area contributed by atoms with E-state index >= 15 is 0 Å². The van der Waals surface area contributed by atoms with E-state index in [1.807, 2.05) is 30.5 Å². The van der Waals surface area contributed by atoms with Gasteiger partial charge in [0.1, 0.15) is 0 Å². The highest BCUT2D eigenvalue weighted by molar-refractivity contribution is 9.10. The van der Waals surface area contributed by atoms with E-state index in [0.717, 1.165) is 10.2 Å². The summed E-state index contributed by atoms with van der Waals surface area (Å²) < 4.78 is 1.11. The Hall–Kier alpha value is -1.19. The first-order valence-electron chi connectivity index (χ1n) is 6.09. The molecule has 0 aliphatic heterocycles. The van der Waals surface area contributed by atoms with E-state index in [0.29, 0.717) is 6.04 Å². The summed E-state index contributed by atoms with van der Waals surface area (Å²) in [5.41, 5.74) is 2.34. The fraction of sp³-hybridized carbons (Fsp3) is 0.267. The van der Waals surface area contributed by atoms with Crippen LogP contribution in [0.4, 0.5) is 0 Å². The lowest BCUT2D eigenvalue weighted by Crippen LogP contribution is -2.23. The summed E-state index contributed by atoms with van der Waals surface area (Å²) in [6.45, 7) is 4.30. The Bertz CT molecular complexity index is 499. The van der Waals surface area contributed by atoms with Gasteiger partial charge in [-0.1, -0.05) is 34.1 Å². The summed E-state index contributed by atoms with van der Waals surface area (Å²) >= 11 is 3.50. The van der Waals surface area contributed by atoms with Gasteiger partial charge in [0, 0.05) is 22.8 Å². The quantitative estimate of drug-likeness (QED) is 0.913. The van der Waals surface area contributed by atoms with Gasteiger partial charge < -0.3 is 5.32 Å². The molecule has 94 valence electrons. The molecule has 0 aliphatic carbocycles. The lowest BCUT2D eigenvalue weighted by atomic mass is 10.1. The number of hydrogen-bond donors (Lipinski definition) is 1. The van der Waals surface area contributed by atoms with Crippen molar-refractivity contribution >= 4 is 15.9 Å². The first-order chi connectivity index (χ1) is 8.66. The number of hydrogen-bond acceptors (Lipinski definition) is 2. The monoisotopic (exact) mass is 304 g/mol. The van der Waals surface area contributed by atoms with Crippen LogP contribution in [0.15, 0.2) is 53.1 Å². The molecular formula is C15H17BrN2. The maximum absolute atomic E-state index is 4.37. The fourth-order valence-corrected chi connectivity index (χ4v) is 2.38. The molecule has 1 N–H and O–H groups in total. The minimum atomic E-state index is 0.236. The highest BCUT2D eigenvalue weighted by atomic mass is 79.9. The van der Waals surface area contributed by atoms with E-state index in [9.17, 15) is 0 Å². The van der Waals surface area contributed by atoms with Crippen LogP contribution in [-0.4, -0.2) is 4.98 Å². The van der Waals surface area contributed by atoms with E-state index in [4.69, 9.17) is 0 Å². The molecule has 1 heterocycles. The molecule has 0 aliphatic rings. The normalized spacial score (nSPS) is 14.2. The van der Waals surface area contributed by atoms with Crippen molar-refractivity contribution in [2.24, 2.45) is 0 Å². The molecule has 1 aromatic carbocycles. The largest absolute Gasteiger partial charge is 0.302 e. The van der Waals surface area contributed by atoms with E-state index in [-0.39, 0.29) is 6.04 Å². The van der Waals surface area contributed by atoms with Crippen LogP contribution in [0.25, 0.3) is 0 Å². The van der Waals surface area contributed by atoms with Crippen molar-refractivity contribution in [2.45, 2.75) is 25.9 Å². The van der Waals surface area contributed by atoms with Gasteiger partial charge in [-0.15, -0.1) is 0 Å². The van der Waals surface area contributed by atoms with Gasteiger partial charge in [0.05, 0.1) is 5.69 Å². The van der Waals surface area contributed by atoms with Crippen LogP contribution in [0.2, 0.25) is 0 Å². The van der Waals surface area contributed by atoms with Crippen LogP contribution >= 0.6 is 15.9 Å². The van der Waals surface area contributed by atoms with Gasteiger partial charge in [-0.25, -0.2) is 0 Å². The lowest BCUT2D eigenvalue weighted by molar-refractivity contribution is 0.486. The average molecular weight is 305 g/mol. The molecule has 0 bridgehead atoms. The molecule has 1 aromatic heterocycles. The van der Waals surface area contributed by atoms with Gasteiger partial charge in [-0.05, 0) is 43.7 Å². The summed E-state index contributed by atoms with van der Waals surface area (Å²) in [7, 11) is 0. The Labute approximate surface area is 117 Å². The SMILES string of the molecule is CC(N[C@H](C)c1ccccn1)c1cccc(Br)c1. The van der Waals surface area contributed by atoms with Crippen molar-refractivity contribution in [1.29, 1.82) is 0 Å². The summed E-state index contributed by atoms with van der Waals surface area (Å²) in [6.07, 6.45) is 1.83. The number of rotatable bonds is 4. The molecule has 2 nitrogen and oxygen atoms in total. The van der Waals surface area contributed by atoms with Crippen LogP contribution < -0.4 is 5.32 Å². The first kappa shape index (κ1) is 13.2. The second-order valence-corrected chi connectivity index (χ2v) is 5.34. The molecule has 0 radical (unpaired) electrons. The Morgan fingerprint density at radius 2 is 1.89 bits per heavy atom. The van der Waals surface area contributed by atoms with E-state index < -0.39 is 0 Å². The number of halogens is 1. The van der Waals surface area contributed by atoms with Crippen molar-refractivity contribution in [3.8, 4) is 0 Å². The summed E-state index contributed by atoms with van der Waals surface area (Å²) in [5.74, 6) is 0. The third-order valence-electron chi connectivity index (χ3n) is 2.98. The molecule has 3 heteroatoms. The van der Waals surface area contributed by atoms with Crippen LogP contribution in [-0.2, 0) is 0 Å². The number of nitrogens with zero attached hydrogens (tertiary/aromatic N) is 1. The lowest BCUT2D eigenvalue weighted by Gasteiger charge is -2.20. The molecular weight excluding hydrogens is 288 g/mol. The van der Waals surface area contributed by atoms with Crippen LogP contribution in [0, 0.1) is 0 Å². The zero-order valence-corrected chi connectivity index (χ0v) is 12.2. The minimum absolute atomic E-state index is 0.236. The first-order valence-corrected chi connectivity index (χ1v) is 6.88. The molecule has 18 heavy (non-hydrogen) atoms. The zero-order chi connectivity index (χ0) is 13.0. The molecule has 2 aromatic rings. The minimum Gasteiger partial charge on any atom is -0.302 e. The van der Waals surface area contributed by atoms with Crippen LogP contribution in [0.5, 0.6) is 0 Å². The van der Waals surface area contributed by atoms with Gasteiger partial charge in [0.2, 0.25) is 0 Å². The molecule has 0 saturated carbocycles. The van der Waals surface area contributed by atoms with E-state index in [1.165, 1.54) is 5.56 Å². The predicted octanol–water partition coefficient (Wildman–Crippen LogP) is 4.26. The van der Waals surface area contributed by atoms with Crippen LogP contribution in [0.1, 0.15) is 37.2 Å².